The number of benzene rings is 1. The van der Waals surface area contributed by atoms with Crippen LogP contribution < -0.4 is 10.1 Å². The number of carbonyl (C=O) groups is 2. The van der Waals surface area contributed by atoms with E-state index in [9.17, 15) is 9.59 Å². The van der Waals surface area contributed by atoms with E-state index in [-0.39, 0.29) is 12.1 Å². The Morgan fingerprint density at radius 2 is 1.86 bits per heavy atom. The van der Waals surface area contributed by atoms with Crippen LogP contribution in [0.15, 0.2) is 24.3 Å². The van der Waals surface area contributed by atoms with Crippen molar-refractivity contribution in [2.45, 2.75) is 52.1 Å². The van der Waals surface area contributed by atoms with Crippen LogP contribution in [-0.4, -0.2) is 35.4 Å². The van der Waals surface area contributed by atoms with E-state index in [0.29, 0.717) is 18.0 Å². The topological polar surface area (TPSA) is 58.6 Å². The summed E-state index contributed by atoms with van der Waals surface area (Å²) in [6.07, 6.45) is 2.98. The van der Waals surface area contributed by atoms with Gasteiger partial charge in [-0.1, -0.05) is 12.1 Å². The summed E-state index contributed by atoms with van der Waals surface area (Å²) in [5, 5.41) is 2.68. The van der Waals surface area contributed by atoms with E-state index in [2.05, 4.69) is 5.32 Å². The highest BCUT2D eigenvalue weighted by Crippen LogP contribution is 2.25. The van der Waals surface area contributed by atoms with Gasteiger partial charge >= 0.3 is 11.8 Å². The van der Waals surface area contributed by atoms with E-state index in [1.165, 1.54) is 0 Å². The molecule has 1 fully saturated rings. The molecule has 1 saturated heterocycles. The highest BCUT2D eigenvalue weighted by molar-refractivity contribution is 6.39. The summed E-state index contributed by atoms with van der Waals surface area (Å²) in [5.41, 5.74) is 0.528. The zero-order chi connectivity index (χ0) is 16.1. The summed E-state index contributed by atoms with van der Waals surface area (Å²) >= 11 is 0. The van der Waals surface area contributed by atoms with Gasteiger partial charge in [-0.15, -0.1) is 0 Å². The number of anilines is 1. The molecule has 1 aromatic rings. The molecule has 0 saturated carbocycles. The lowest BCUT2D eigenvalue weighted by Crippen LogP contribution is -2.51. The lowest BCUT2D eigenvalue weighted by Gasteiger charge is -2.38. The van der Waals surface area contributed by atoms with Crippen LogP contribution in [0.5, 0.6) is 5.75 Å². The molecule has 2 rings (SSSR count). The Labute approximate surface area is 131 Å². The predicted octanol–water partition coefficient (Wildman–Crippen LogP) is 2.81. The highest BCUT2D eigenvalue weighted by atomic mass is 16.5. The molecular formula is C17H24N2O3. The van der Waals surface area contributed by atoms with Gasteiger partial charge < -0.3 is 15.0 Å². The maximum atomic E-state index is 12.5. The molecule has 120 valence electrons. The van der Waals surface area contributed by atoms with Crippen LogP contribution in [0.1, 0.15) is 40.0 Å². The van der Waals surface area contributed by atoms with E-state index in [1.54, 1.807) is 23.1 Å². The molecule has 0 aliphatic carbocycles. The van der Waals surface area contributed by atoms with Crippen molar-refractivity contribution >= 4 is 17.5 Å². The van der Waals surface area contributed by atoms with Crippen molar-refractivity contribution in [3.05, 3.63) is 24.3 Å². The van der Waals surface area contributed by atoms with E-state index in [0.717, 1.165) is 19.3 Å². The van der Waals surface area contributed by atoms with Crippen LogP contribution in [0.2, 0.25) is 0 Å². The first-order valence-electron chi connectivity index (χ1n) is 7.90. The number of nitrogens with zero attached hydrogens (tertiary/aromatic N) is 1. The molecule has 2 unspecified atom stereocenters. The molecule has 0 bridgehead atoms. The number of nitrogens with one attached hydrogen (secondary N) is 1. The number of carbonyl (C=O) groups excluding carboxylic acids is 2. The van der Waals surface area contributed by atoms with Crippen molar-refractivity contribution < 1.29 is 14.3 Å². The maximum Gasteiger partial charge on any atom is 0.314 e. The van der Waals surface area contributed by atoms with Crippen molar-refractivity contribution in [2.75, 3.05) is 11.9 Å². The number of hydrogen-bond acceptors (Lipinski definition) is 3. The molecule has 0 aromatic heterocycles. The van der Waals surface area contributed by atoms with Gasteiger partial charge in [-0.05, 0) is 52.2 Å². The maximum absolute atomic E-state index is 12.5. The SMILES string of the molecule is CCOc1ccccc1NC(=O)C(=O)N1C(C)CCCC1C. The van der Waals surface area contributed by atoms with Crippen LogP contribution in [-0.2, 0) is 9.59 Å². The zero-order valence-electron chi connectivity index (χ0n) is 13.5. The normalized spacial score (nSPS) is 21.3. The summed E-state index contributed by atoms with van der Waals surface area (Å²) in [5.74, 6) is -0.496. The van der Waals surface area contributed by atoms with Crippen LogP contribution in [0.3, 0.4) is 0 Å². The summed E-state index contributed by atoms with van der Waals surface area (Å²) in [6.45, 7) is 6.37. The average Bonchev–Trinajstić information content (AvgIpc) is 2.49. The fourth-order valence-electron chi connectivity index (χ4n) is 2.97. The van der Waals surface area contributed by atoms with E-state index in [4.69, 9.17) is 4.74 Å². The molecule has 0 spiro atoms. The first-order valence-corrected chi connectivity index (χ1v) is 7.90. The molecule has 1 N–H and O–H groups in total. The minimum Gasteiger partial charge on any atom is -0.492 e. The number of ether oxygens (including phenoxy) is 1. The molecule has 2 amide bonds. The molecule has 1 heterocycles. The van der Waals surface area contributed by atoms with E-state index < -0.39 is 11.8 Å². The Morgan fingerprint density at radius 1 is 1.23 bits per heavy atom. The minimum absolute atomic E-state index is 0.101. The number of piperidine rings is 1. The number of para-hydroxylation sites is 2. The average molecular weight is 304 g/mol. The lowest BCUT2D eigenvalue weighted by atomic mass is 9.97. The van der Waals surface area contributed by atoms with Crippen molar-refractivity contribution in [2.24, 2.45) is 0 Å². The van der Waals surface area contributed by atoms with Gasteiger partial charge in [0.25, 0.3) is 0 Å². The van der Waals surface area contributed by atoms with Gasteiger partial charge in [0.15, 0.2) is 0 Å². The Balaban J connectivity index is 2.10. The lowest BCUT2D eigenvalue weighted by molar-refractivity contribution is -0.147. The summed E-state index contributed by atoms with van der Waals surface area (Å²) in [7, 11) is 0. The third-order valence-electron chi connectivity index (χ3n) is 4.06. The van der Waals surface area contributed by atoms with Crippen LogP contribution >= 0.6 is 0 Å². The Morgan fingerprint density at radius 3 is 2.50 bits per heavy atom. The predicted molar refractivity (Wildman–Crippen MR) is 85.9 cm³/mol. The summed E-state index contributed by atoms with van der Waals surface area (Å²) < 4.78 is 5.47. The number of amides is 2. The molecule has 1 aliphatic heterocycles. The van der Waals surface area contributed by atoms with Crippen molar-refractivity contribution in [1.29, 1.82) is 0 Å². The number of likely N-dealkylation sites (tertiary alicyclic amines) is 1. The van der Waals surface area contributed by atoms with Gasteiger partial charge in [-0.2, -0.15) is 0 Å². The van der Waals surface area contributed by atoms with Gasteiger partial charge in [0.05, 0.1) is 12.3 Å². The monoisotopic (exact) mass is 304 g/mol. The Hall–Kier alpha value is -2.04. The second-order valence-corrected chi connectivity index (χ2v) is 5.72. The largest absolute Gasteiger partial charge is 0.492 e. The van der Waals surface area contributed by atoms with Crippen molar-refractivity contribution in [3.8, 4) is 5.75 Å². The zero-order valence-corrected chi connectivity index (χ0v) is 13.5. The summed E-state index contributed by atoms with van der Waals surface area (Å²) in [6, 6.07) is 7.34. The van der Waals surface area contributed by atoms with Crippen LogP contribution in [0.4, 0.5) is 5.69 Å². The van der Waals surface area contributed by atoms with Crippen LogP contribution in [0.25, 0.3) is 0 Å². The molecule has 1 aliphatic rings. The van der Waals surface area contributed by atoms with Crippen molar-refractivity contribution in [1.82, 2.24) is 4.90 Å². The summed E-state index contributed by atoms with van der Waals surface area (Å²) in [4.78, 5) is 26.5. The van der Waals surface area contributed by atoms with Gasteiger partial charge in [0.1, 0.15) is 5.75 Å². The molecule has 22 heavy (non-hydrogen) atoms. The fraction of sp³-hybridized carbons (Fsp3) is 0.529. The first-order chi connectivity index (χ1) is 10.5. The molecule has 1 aromatic carbocycles. The molecule has 5 nitrogen and oxygen atoms in total. The third kappa shape index (κ3) is 3.59. The number of rotatable bonds is 3. The molecule has 2 atom stereocenters. The van der Waals surface area contributed by atoms with E-state index in [1.807, 2.05) is 26.8 Å². The number of hydrogen-bond donors (Lipinski definition) is 1. The Kier molecular flexibility index (Phi) is 5.41. The van der Waals surface area contributed by atoms with Gasteiger partial charge in [0.2, 0.25) is 0 Å². The minimum atomic E-state index is -0.604. The van der Waals surface area contributed by atoms with E-state index >= 15 is 0 Å². The van der Waals surface area contributed by atoms with Crippen molar-refractivity contribution in [3.63, 3.8) is 0 Å². The fourth-order valence-corrected chi connectivity index (χ4v) is 2.97. The third-order valence-corrected chi connectivity index (χ3v) is 4.06. The quantitative estimate of drug-likeness (QED) is 0.874. The first kappa shape index (κ1) is 16.3. The highest BCUT2D eigenvalue weighted by Gasteiger charge is 2.32. The second-order valence-electron chi connectivity index (χ2n) is 5.72. The second kappa shape index (κ2) is 7.29. The standard InChI is InChI=1S/C17H24N2O3/c1-4-22-15-11-6-5-10-14(15)18-16(20)17(21)19-12(2)8-7-9-13(19)3/h5-6,10-13H,4,7-9H2,1-3H3,(H,18,20). The Bertz CT molecular complexity index is 534. The molecule has 5 heteroatoms. The molecule has 0 radical (unpaired) electrons. The van der Waals surface area contributed by atoms with Gasteiger partial charge in [0, 0.05) is 12.1 Å². The van der Waals surface area contributed by atoms with Crippen LogP contribution in [0, 0.1) is 0 Å². The van der Waals surface area contributed by atoms with Gasteiger partial charge in [-0.25, -0.2) is 0 Å². The smallest absolute Gasteiger partial charge is 0.314 e. The van der Waals surface area contributed by atoms with Gasteiger partial charge in [-0.3, -0.25) is 9.59 Å². The molecular weight excluding hydrogens is 280 g/mol.